The van der Waals surface area contributed by atoms with Gasteiger partial charge in [0.15, 0.2) is 12.0 Å². The number of amides is 4. The van der Waals surface area contributed by atoms with E-state index in [0.717, 1.165) is 16.0 Å². The Balaban J connectivity index is 0.679. The highest BCUT2D eigenvalue weighted by molar-refractivity contribution is 6.06. The number of nitrogen functional groups attached to an aromatic ring is 1. The molecular weight excluding hydrogens is 867 g/mol. The monoisotopic (exact) mass is 921 g/mol. The van der Waals surface area contributed by atoms with Gasteiger partial charge in [0.05, 0.1) is 84.0 Å². The number of rotatable bonds is 25. The van der Waals surface area contributed by atoms with Gasteiger partial charge in [0.2, 0.25) is 11.8 Å². The molecule has 67 heavy (non-hydrogen) atoms. The van der Waals surface area contributed by atoms with Gasteiger partial charge in [0.1, 0.15) is 11.8 Å². The molecule has 3 aromatic carbocycles. The number of hydrogen-bond acceptors (Lipinski definition) is 16. The summed E-state index contributed by atoms with van der Waals surface area (Å²) in [5, 5.41) is 42.4. The van der Waals surface area contributed by atoms with E-state index in [-0.39, 0.29) is 36.4 Å². The quantitative estimate of drug-likeness (QED) is 0.0363. The average Bonchev–Trinajstić information content (AvgIpc) is 3.92. The van der Waals surface area contributed by atoms with Crippen LogP contribution >= 0.6 is 0 Å². The van der Waals surface area contributed by atoms with Gasteiger partial charge in [-0.1, -0.05) is 30.3 Å². The van der Waals surface area contributed by atoms with E-state index in [0.29, 0.717) is 118 Å². The fourth-order valence-corrected chi connectivity index (χ4v) is 7.62. The van der Waals surface area contributed by atoms with Crippen molar-refractivity contribution in [1.82, 2.24) is 35.5 Å². The number of imide groups is 1. The second-order valence-electron chi connectivity index (χ2n) is 15.6. The van der Waals surface area contributed by atoms with Crippen LogP contribution in [-0.2, 0) is 33.3 Å². The minimum atomic E-state index is -1.32. The molecule has 1 fully saturated rings. The van der Waals surface area contributed by atoms with Gasteiger partial charge >= 0.3 is 0 Å². The number of aromatic hydroxyl groups is 1. The molecule has 2 aromatic heterocycles. The largest absolute Gasteiger partial charge is 0.507 e. The van der Waals surface area contributed by atoms with E-state index < -0.39 is 30.0 Å². The number of aromatic nitrogens is 4. The van der Waals surface area contributed by atoms with Crippen LogP contribution in [0, 0.1) is 0 Å². The average molecular weight is 922 g/mol. The summed E-state index contributed by atoms with van der Waals surface area (Å²) in [5.41, 5.74) is 11.3. The lowest BCUT2D eigenvalue weighted by molar-refractivity contribution is -0.139. The zero-order valence-electron chi connectivity index (χ0n) is 37.1. The number of phenols is 1. The summed E-state index contributed by atoms with van der Waals surface area (Å²) < 4.78 is 29.7. The van der Waals surface area contributed by atoms with Crippen LogP contribution in [-0.4, -0.2) is 144 Å². The van der Waals surface area contributed by atoms with Crippen molar-refractivity contribution in [2.45, 2.75) is 38.1 Å². The molecule has 5 aromatic rings. The number of para-hydroxylation sites is 1. The maximum absolute atomic E-state index is 13.1. The van der Waals surface area contributed by atoms with Crippen molar-refractivity contribution in [1.29, 1.82) is 0 Å². The molecule has 0 aliphatic carbocycles. The number of nitrogens with zero attached hydrogens (tertiary/aromatic N) is 5. The maximum atomic E-state index is 13.1. The van der Waals surface area contributed by atoms with Gasteiger partial charge < -0.3 is 50.3 Å². The number of phenolic OH excluding ortho intramolecular Hbond substituents is 1. The summed E-state index contributed by atoms with van der Waals surface area (Å²) in [4.78, 5) is 50.9. The molecule has 20 heteroatoms. The van der Waals surface area contributed by atoms with Crippen molar-refractivity contribution >= 4 is 35.1 Å². The number of benzene rings is 3. The third-order valence-corrected chi connectivity index (χ3v) is 11.2. The summed E-state index contributed by atoms with van der Waals surface area (Å²) in [6, 6.07) is 20.0. The minimum absolute atomic E-state index is 0.0952. The Morgan fingerprint density at radius 2 is 1.46 bits per heavy atom. The van der Waals surface area contributed by atoms with E-state index in [2.05, 4.69) is 31.2 Å². The van der Waals surface area contributed by atoms with Crippen molar-refractivity contribution in [2.75, 3.05) is 90.2 Å². The van der Waals surface area contributed by atoms with E-state index >= 15 is 0 Å². The van der Waals surface area contributed by atoms with E-state index in [1.807, 2.05) is 31.3 Å². The maximum Gasteiger partial charge on any atom is 0.257 e. The van der Waals surface area contributed by atoms with Crippen molar-refractivity contribution in [3.63, 3.8) is 0 Å². The Kier molecular flexibility index (Phi) is 16.9. The molecule has 7 N–H and O–H groups in total. The van der Waals surface area contributed by atoms with Gasteiger partial charge in [-0.15, -0.1) is 10.2 Å². The molecule has 354 valence electrons. The topological polar surface area (TPSA) is 264 Å². The summed E-state index contributed by atoms with van der Waals surface area (Å²) in [7, 11) is 0. The lowest BCUT2D eigenvalue weighted by atomic mass is 10.0. The lowest BCUT2D eigenvalue weighted by Crippen LogP contribution is -2.53. The van der Waals surface area contributed by atoms with Crippen molar-refractivity contribution in [3.05, 3.63) is 107 Å². The van der Waals surface area contributed by atoms with Crippen LogP contribution in [0.4, 0.5) is 11.5 Å². The van der Waals surface area contributed by atoms with Crippen LogP contribution in [0.3, 0.4) is 0 Å². The van der Waals surface area contributed by atoms with E-state index in [1.165, 1.54) is 0 Å². The summed E-state index contributed by atoms with van der Waals surface area (Å²) in [6.45, 7) is 6.52. The second-order valence-corrected chi connectivity index (χ2v) is 15.6. The first-order chi connectivity index (χ1) is 32.6. The Morgan fingerprint density at radius 1 is 0.821 bits per heavy atom. The Morgan fingerprint density at radius 3 is 2.13 bits per heavy atom. The minimum Gasteiger partial charge on any atom is -0.507 e. The first-order valence-corrected chi connectivity index (χ1v) is 22.0. The predicted octanol–water partition coefficient (Wildman–Crippen LogP) is 3.08. The highest BCUT2D eigenvalue weighted by atomic mass is 16.6. The number of anilines is 2. The highest BCUT2D eigenvalue weighted by Crippen LogP contribution is 2.39. The summed E-state index contributed by atoms with van der Waals surface area (Å²) >= 11 is 0. The molecule has 2 aliphatic rings. The molecule has 3 atom stereocenters. The molecule has 0 saturated carbocycles. The van der Waals surface area contributed by atoms with Gasteiger partial charge in [-0.3, -0.25) is 34.1 Å². The number of piperidine rings is 1. The van der Waals surface area contributed by atoms with Gasteiger partial charge in [-0.05, 0) is 61.4 Å². The Hall–Kier alpha value is -6.81. The molecule has 4 amide bonds. The van der Waals surface area contributed by atoms with Crippen molar-refractivity contribution in [3.8, 4) is 28.1 Å². The number of carbonyl (C=O) groups is 4. The number of nitrogens with one attached hydrogen (secondary N) is 3. The standard InChI is InChI=1S/C47H55N9O11/c1-30(55-29-33(28-51-55)36-27-38(53-54-43(36)48)34-5-2-3-8-40(34)57)31-9-11-32(12-10-31)44(59)50-16-18-64-20-22-66-24-26-67-25-23-65-21-19-63-17-15-49-37-7-4-6-35-42(37)47(62)56(46(35)61)39-13-14-41(58)52-45(39)60/h2-12,27-30,39,47,49,57,62H,13-26H2,1H3,(H2,48,54)(H,50,59)(H,52,58,60). The number of aliphatic hydroxyl groups is 1. The molecular formula is C47H55N9O11. The van der Waals surface area contributed by atoms with Crippen molar-refractivity contribution < 1.29 is 53.1 Å². The zero-order valence-corrected chi connectivity index (χ0v) is 37.1. The number of fused-ring (bicyclic) bond motifs is 1. The van der Waals surface area contributed by atoms with Crippen LogP contribution in [0.5, 0.6) is 5.75 Å². The molecule has 7 rings (SSSR count). The number of carbonyl (C=O) groups excluding carboxylic acids is 4. The van der Waals surface area contributed by atoms with Crippen LogP contribution in [0.15, 0.2) is 85.2 Å². The molecule has 0 radical (unpaired) electrons. The molecule has 2 aliphatic heterocycles. The second kappa shape index (κ2) is 23.6. The smallest absolute Gasteiger partial charge is 0.257 e. The molecule has 3 unspecified atom stereocenters. The zero-order chi connectivity index (χ0) is 47.1. The van der Waals surface area contributed by atoms with Crippen LogP contribution in [0.2, 0.25) is 0 Å². The lowest BCUT2D eigenvalue weighted by Gasteiger charge is -2.32. The number of ether oxygens (including phenoxy) is 5. The first kappa shape index (κ1) is 48.1. The summed E-state index contributed by atoms with van der Waals surface area (Å²) in [6.07, 6.45) is 2.50. The fraction of sp³-hybridized carbons (Fsp3) is 0.383. The third kappa shape index (κ3) is 12.4. The van der Waals surface area contributed by atoms with Crippen LogP contribution in [0.25, 0.3) is 22.4 Å². The molecule has 0 bridgehead atoms. The number of nitrogens with two attached hydrogens (primary N) is 1. The number of hydrogen-bond donors (Lipinski definition) is 6. The van der Waals surface area contributed by atoms with Gasteiger partial charge in [-0.2, -0.15) is 5.10 Å². The summed E-state index contributed by atoms with van der Waals surface area (Å²) in [5.74, 6) is -1.31. The predicted molar refractivity (Wildman–Crippen MR) is 244 cm³/mol. The fourth-order valence-electron chi connectivity index (χ4n) is 7.62. The molecule has 1 saturated heterocycles. The van der Waals surface area contributed by atoms with Gasteiger partial charge in [-0.25, -0.2) is 0 Å². The molecule has 0 spiro atoms. The van der Waals surface area contributed by atoms with E-state index in [9.17, 15) is 29.4 Å². The molecule has 4 heterocycles. The first-order valence-electron chi connectivity index (χ1n) is 22.0. The van der Waals surface area contributed by atoms with Gasteiger partial charge in [0, 0.05) is 64.8 Å². The SMILES string of the molecule is CC(c1ccc(C(=O)NCCOCCOCCOCCOCCOCCNc2cccc3c2C(O)N(C2CCC(=O)NC2=O)C3=O)cc1)n1cc(-c2cc(-c3ccccc3O)nnc2N)cn1. The van der Waals surface area contributed by atoms with Crippen LogP contribution < -0.4 is 21.7 Å². The number of aliphatic hydroxyl groups excluding tert-OH is 1. The highest BCUT2D eigenvalue weighted by Gasteiger charge is 2.45. The molecule has 20 nitrogen and oxygen atoms in total. The van der Waals surface area contributed by atoms with Gasteiger partial charge in [0.25, 0.3) is 11.8 Å². The van der Waals surface area contributed by atoms with Crippen molar-refractivity contribution in [2.24, 2.45) is 0 Å². The Labute approximate surface area is 386 Å². The van der Waals surface area contributed by atoms with E-state index in [1.54, 1.807) is 65.5 Å². The third-order valence-electron chi connectivity index (χ3n) is 11.2. The Bertz CT molecular complexity index is 2480. The normalized spacial score (nSPS) is 16.2. The van der Waals surface area contributed by atoms with Crippen LogP contribution in [0.1, 0.15) is 63.9 Å². The van der Waals surface area contributed by atoms with E-state index in [4.69, 9.17) is 29.4 Å².